The van der Waals surface area contributed by atoms with E-state index in [0.29, 0.717) is 4.73 Å². The molecule has 1 aromatic carbocycles. The maximum atomic E-state index is 13.7. The molecule has 1 fully saturated rings. The molecule has 1 aliphatic rings. The normalized spacial score (nSPS) is 15.4. The zero-order valence-electron chi connectivity index (χ0n) is 13.9. The summed E-state index contributed by atoms with van der Waals surface area (Å²) in [4.78, 5) is 37.5. The average Bonchev–Trinajstić information content (AvgIpc) is 2.91. The summed E-state index contributed by atoms with van der Waals surface area (Å²) in [6.45, 7) is 0.0372. The Morgan fingerprint density at radius 2 is 1.93 bits per heavy atom. The number of carbonyl (C=O) groups excluding carboxylic acids is 3. The molecule has 0 saturated carbocycles. The van der Waals surface area contributed by atoms with Gasteiger partial charge in [0.05, 0.1) is 10.5 Å². The van der Waals surface area contributed by atoms with Crippen LogP contribution < -0.4 is 10.0 Å². The van der Waals surface area contributed by atoms with Crippen LogP contribution in [0.4, 0.5) is 9.18 Å². The Morgan fingerprint density at radius 1 is 1.22 bits per heavy atom. The number of nitrogens with one attached hydrogen (secondary N) is 1. The van der Waals surface area contributed by atoms with Crippen LogP contribution in [0.15, 0.2) is 53.7 Å². The highest BCUT2D eigenvalue weighted by atomic mass is 32.2. The van der Waals surface area contributed by atoms with Gasteiger partial charge in [-0.1, -0.05) is 18.2 Å². The number of thioether (sulfide) groups is 1. The van der Waals surface area contributed by atoms with Crippen molar-refractivity contribution in [3.8, 4) is 0 Å². The van der Waals surface area contributed by atoms with Crippen LogP contribution in [0.2, 0.25) is 0 Å². The number of imide groups is 1. The molecule has 2 heterocycles. The molecule has 1 aromatic heterocycles. The molecule has 0 radical (unpaired) electrons. The highest BCUT2D eigenvalue weighted by molar-refractivity contribution is 8.18. The van der Waals surface area contributed by atoms with Crippen molar-refractivity contribution >= 4 is 34.9 Å². The first-order valence-corrected chi connectivity index (χ1v) is 8.74. The predicted octanol–water partition coefficient (Wildman–Crippen LogP) is 1.93. The second-order valence-corrected chi connectivity index (χ2v) is 6.55. The molecular formula is C18H14FN3O4S. The Balaban J connectivity index is 1.60. The molecule has 138 valence electrons. The Hall–Kier alpha value is -3.20. The lowest BCUT2D eigenvalue weighted by Gasteiger charge is -2.12. The van der Waals surface area contributed by atoms with Gasteiger partial charge in [0.2, 0.25) is 0 Å². The summed E-state index contributed by atoms with van der Waals surface area (Å²) in [5.74, 6) is -1.45. The number of pyridine rings is 1. The molecule has 27 heavy (non-hydrogen) atoms. The summed E-state index contributed by atoms with van der Waals surface area (Å²) in [5.41, 5.74) is 0.506. The first kappa shape index (κ1) is 18.6. The average molecular weight is 387 g/mol. The zero-order valence-corrected chi connectivity index (χ0v) is 14.7. The molecule has 1 N–H and O–H groups in total. The fourth-order valence-electron chi connectivity index (χ4n) is 2.37. The van der Waals surface area contributed by atoms with E-state index in [1.54, 1.807) is 6.07 Å². The summed E-state index contributed by atoms with van der Waals surface area (Å²) >= 11 is 0.724. The van der Waals surface area contributed by atoms with E-state index < -0.39 is 22.9 Å². The largest absolute Gasteiger partial charge is 0.619 e. The Bertz CT molecular complexity index is 930. The van der Waals surface area contributed by atoms with Crippen molar-refractivity contribution in [1.82, 2.24) is 10.2 Å². The van der Waals surface area contributed by atoms with Gasteiger partial charge in [-0.05, 0) is 23.9 Å². The molecule has 0 bridgehead atoms. The molecule has 2 aromatic rings. The highest BCUT2D eigenvalue weighted by Gasteiger charge is 2.34. The molecule has 0 spiro atoms. The van der Waals surface area contributed by atoms with Gasteiger partial charge in [-0.25, -0.2) is 4.39 Å². The van der Waals surface area contributed by atoms with Crippen molar-refractivity contribution in [2.45, 2.75) is 0 Å². The van der Waals surface area contributed by atoms with E-state index in [-0.39, 0.29) is 29.1 Å². The summed E-state index contributed by atoms with van der Waals surface area (Å²) < 4.78 is 14.3. The number of hydrogen-bond donors (Lipinski definition) is 1. The summed E-state index contributed by atoms with van der Waals surface area (Å²) in [7, 11) is 0. The molecule has 0 atom stereocenters. The van der Waals surface area contributed by atoms with Crippen molar-refractivity contribution in [1.29, 1.82) is 0 Å². The van der Waals surface area contributed by atoms with Gasteiger partial charge in [0.15, 0.2) is 12.4 Å². The van der Waals surface area contributed by atoms with Crippen LogP contribution in [-0.4, -0.2) is 35.0 Å². The molecule has 1 saturated heterocycles. The standard InChI is InChI=1S/C18H14FN3O4S/c19-14-4-2-1-3-13(14)11-15-17(24)22(18(25)27-15)10-7-20-16(23)12-5-8-21(26)9-6-12/h1-6,8-9,11H,7,10H2,(H,20,23)/b15-11-. The van der Waals surface area contributed by atoms with Gasteiger partial charge in [-0.2, -0.15) is 4.73 Å². The number of amides is 3. The van der Waals surface area contributed by atoms with E-state index in [1.807, 2.05) is 0 Å². The number of aromatic nitrogens is 1. The molecule has 3 amide bonds. The fourth-order valence-corrected chi connectivity index (χ4v) is 3.23. The first-order valence-electron chi connectivity index (χ1n) is 7.92. The van der Waals surface area contributed by atoms with E-state index in [0.717, 1.165) is 16.7 Å². The van der Waals surface area contributed by atoms with Crippen molar-refractivity contribution in [2.75, 3.05) is 13.1 Å². The number of rotatable bonds is 5. The molecular weight excluding hydrogens is 373 g/mol. The Labute approximate surface area is 158 Å². The quantitative estimate of drug-likeness (QED) is 0.481. The van der Waals surface area contributed by atoms with Gasteiger partial charge in [0, 0.05) is 30.8 Å². The Kier molecular flexibility index (Phi) is 5.51. The smallest absolute Gasteiger partial charge is 0.293 e. The molecule has 0 aliphatic carbocycles. The highest BCUT2D eigenvalue weighted by Crippen LogP contribution is 2.32. The molecule has 7 nitrogen and oxygen atoms in total. The third kappa shape index (κ3) is 4.32. The topological polar surface area (TPSA) is 93.4 Å². The maximum absolute atomic E-state index is 13.7. The minimum Gasteiger partial charge on any atom is -0.619 e. The number of halogens is 1. The summed E-state index contributed by atoms with van der Waals surface area (Å²) in [6, 6.07) is 8.66. The van der Waals surface area contributed by atoms with Gasteiger partial charge < -0.3 is 10.5 Å². The summed E-state index contributed by atoms with van der Waals surface area (Å²) in [5, 5.41) is 13.1. The van der Waals surface area contributed by atoms with Crippen molar-refractivity contribution in [2.24, 2.45) is 0 Å². The monoisotopic (exact) mass is 387 g/mol. The van der Waals surface area contributed by atoms with Crippen LogP contribution in [0.25, 0.3) is 6.08 Å². The van der Waals surface area contributed by atoms with Gasteiger partial charge >= 0.3 is 0 Å². The number of carbonyl (C=O) groups is 3. The maximum Gasteiger partial charge on any atom is 0.293 e. The van der Waals surface area contributed by atoms with E-state index in [1.165, 1.54) is 48.8 Å². The van der Waals surface area contributed by atoms with Gasteiger partial charge in [-0.3, -0.25) is 19.3 Å². The SMILES string of the molecule is O=C(NCCN1C(=O)S/C(=C\c2ccccc2F)C1=O)c1cc[n+]([O-])cc1. The molecule has 1 aliphatic heterocycles. The van der Waals surface area contributed by atoms with E-state index >= 15 is 0 Å². The summed E-state index contributed by atoms with van der Waals surface area (Å²) in [6.07, 6.45) is 3.72. The van der Waals surface area contributed by atoms with Crippen molar-refractivity contribution < 1.29 is 23.5 Å². The third-order valence-electron chi connectivity index (χ3n) is 3.75. The second kappa shape index (κ2) is 8.00. The Morgan fingerprint density at radius 3 is 2.63 bits per heavy atom. The van der Waals surface area contributed by atoms with E-state index in [4.69, 9.17) is 0 Å². The van der Waals surface area contributed by atoms with Crippen LogP contribution in [0.3, 0.4) is 0 Å². The predicted molar refractivity (Wildman–Crippen MR) is 96.8 cm³/mol. The lowest BCUT2D eigenvalue weighted by atomic mass is 10.2. The molecule has 3 rings (SSSR count). The van der Waals surface area contributed by atoms with Gasteiger partial charge in [-0.15, -0.1) is 0 Å². The fraction of sp³-hybridized carbons (Fsp3) is 0.111. The van der Waals surface area contributed by atoms with Gasteiger partial charge in [0.25, 0.3) is 17.1 Å². The van der Waals surface area contributed by atoms with Crippen LogP contribution in [0, 0.1) is 11.0 Å². The van der Waals surface area contributed by atoms with E-state index in [9.17, 15) is 24.0 Å². The number of nitrogens with zero attached hydrogens (tertiary/aromatic N) is 2. The lowest BCUT2D eigenvalue weighted by Crippen LogP contribution is -2.37. The van der Waals surface area contributed by atoms with Crippen LogP contribution >= 0.6 is 11.8 Å². The number of hydrogen-bond acceptors (Lipinski definition) is 5. The van der Waals surface area contributed by atoms with Crippen LogP contribution in [-0.2, 0) is 4.79 Å². The minimum absolute atomic E-state index is 0.0145. The first-order chi connectivity index (χ1) is 13.0. The van der Waals surface area contributed by atoms with Gasteiger partial charge in [0.1, 0.15) is 5.82 Å². The van der Waals surface area contributed by atoms with Crippen molar-refractivity contribution in [3.63, 3.8) is 0 Å². The van der Waals surface area contributed by atoms with Crippen molar-refractivity contribution in [3.05, 3.63) is 75.8 Å². The van der Waals surface area contributed by atoms with E-state index in [2.05, 4.69) is 5.32 Å². The van der Waals surface area contributed by atoms with Crippen LogP contribution in [0.1, 0.15) is 15.9 Å². The molecule has 9 heteroatoms. The minimum atomic E-state index is -0.533. The molecule has 0 unspecified atom stereocenters. The second-order valence-electron chi connectivity index (χ2n) is 5.56. The lowest BCUT2D eigenvalue weighted by molar-refractivity contribution is -0.605. The van der Waals surface area contributed by atoms with Crippen LogP contribution in [0.5, 0.6) is 0 Å². The zero-order chi connectivity index (χ0) is 19.4. The third-order valence-corrected chi connectivity index (χ3v) is 4.66. The number of benzene rings is 1.